The standard InChI is InChI=1S/C11H11Br/c1-7-6-8(2)11-9(7)4-3-5-10(11)12/h3-6,8H,1-2H3. The summed E-state index contributed by atoms with van der Waals surface area (Å²) in [6, 6.07) is 6.40. The maximum Gasteiger partial charge on any atom is 0.0219 e. The highest BCUT2D eigenvalue weighted by Crippen LogP contribution is 2.39. The van der Waals surface area contributed by atoms with Gasteiger partial charge in [-0.2, -0.15) is 0 Å². The van der Waals surface area contributed by atoms with Crippen molar-refractivity contribution in [1.82, 2.24) is 0 Å². The maximum atomic E-state index is 3.58. The van der Waals surface area contributed by atoms with Gasteiger partial charge in [-0.1, -0.05) is 41.1 Å². The van der Waals surface area contributed by atoms with Crippen molar-refractivity contribution in [3.8, 4) is 0 Å². The van der Waals surface area contributed by atoms with Gasteiger partial charge >= 0.3 is 0 Å². The van der Waals surface area contributed by atoms with Crippen molar-refractivity contribution in [2.75, 3.05) is 0 Å². The first-order chi connectivity index (χ1) is 5.70. The van der Waals surface area contributed by atoms with E-state index in [1.165, 1.54) is 21.2 Å². The first-order valence-corrected chi connectivity index (χ1v) is 4.96. The molecule has 0 bridgehead atoms. The molecule has 0 aliphatic heterocycles. The molecular weight excluding hydrogens is 212 g/mol. The summed E-state index contributed by atoms with van der Waals surface area (Å²) in [6.07, 6.45) is 2.31. The van der Waals surface area contributed by atoms with Crippen molar-refractivity contribution in [3.63, 3.8) is 0 Å². The number of halogens is 1. The van der Waals surface area contributed by atoms with E-state index in [-0.39, 0.29) is 0 Å². The number of rotatable bonds is 0. The first kappa shape index (κ1) is 8.06. The fourth-order valence-corrected chi connectivity index (χ4v) is 2.62. The van der Waals surface area contributed by atoms with Crippen molar-refractivity contribution in [2.45, 2.75) is 19.8 Å². The summed E-state index contributed by atoms with van der Waals surface area (Å²) in [6.45, 7) is 4.41. The summed E-state index contributed by atoms with van der Waals surface area (Å²) in [7, 11) is 0. The highest BCUT2D eigenvalue weighted by atomic mass is 79.9. The van der Waals surface area contributed by atoms with Crippen LogP contribution in [0, 0.1) is 0 Å². The Kier molecular flexibility index (Phi) is 1.84. The van der Waals surface area contributed by atoms with Crippen LogP contribution >= 0.6 is 15.9 Å². The molecule has 0 amide bonds. The number of hydrogen-bond acceptors (Lipinski definition) is 0. The fourth-order valence-electron chi connectivity index (χ4n) is 1.89. The van der Waals surface area contributed by atoms with Gasteiger partial charge in [0, 0.05) is 10.4 Å². The van der Waals surface area contributed by atoms with Crippen LogP contribution in [0.5, 0.6) is 0 Å². The zero-order valence-electron chi connectivity index (χ0n) is 7.26. The zero-order chi connectivity index (χ0) is 8.72. The van der Waals surface area contributed by atoms with Gasteiger partial charge in [-0.25, -0.2) is 0 Å². The molecule has 0 spiro atoms. The normalized spacial score (nSPS) is 20.6. The Balaban J connectivity index is 2.67. The van der Waals surface area contributed by atoms with Crippen molar-refractivity contribution in [2.24, 2.45) is 0 Å². The lowest BCUT2D eigenvalue weighted by atomic mass is 10.0. The Morgan fingerprint density at radius 1 is 1.33 bits per heavy atom. The number of hydrogen-bond donors (Lipinski definition) is 0. The van der Waals surface area contributed by atoms with E-state index in [0.717, 1.165) is 0 Å². The van der Waals surface area contributed by atoms with Crippen molar-refractivity contribution < 1.29 is 0 Å². The Labute approximate surface area is 81.4 Å². The molecule has 62 valence electrons. The number of benzene rings is 1. The van der Waals surface area contributed by atoms with E-state index in [2.05, 4.69) is 54.1 Å². The molecule has 0 aromatic heterocycles. The van der Waals surface area contributed by atoms with Gasteiger partial charge in [0.2, 0.25) is 0 Å². The maximum absolute atomic E-state index is 3.58. The summed E-state index contributed by atoms with van der Waals surface area (Å²) in [5.74, 6) is 0.565. The average Bonchev–Trinajstić information content (AvgIpc) is 2.29. The number of fused-ring (bicyclic) bond motifs is 1. The second kappa shape index (κ2) is 2.74. The Hall–Kier alpha value is -0.560. The molecule has 1 aliphatic rings. The van der Waals surface area contributed by atoms with Gasteiger partial charge in [0.05, 0.1) is 0 Å². The third-order valence-electron chi connectivity index (χ3n) is 2.43. The summed E-state index contributed by atoms with van der Waals surface area (Å²) >= 11 is 3.58. The molecule has 2 rings (SSSR count). The van der Waals surface area contributed by atoms with Crippen molar-refractivity contribution in [3.05, 3.63) is 39.9 Å². The van der Waals surface area contributed by atoms with E-state index in [4.69, 9.17) is 0 Å². The third kappa shape index (κ3) is 1.04. The lowest BCUT2D eigenvalue weighted by molar-refractivity contribution is 0.982. The Bertz CT molecular complexity index is 350. The summed E-state index contributed by atoms with van der Waals surface area (Å²) in [5.41, 5.74) is 4.24. The third-order valence-corrected chi connectivity index (χ3v) is 3.12. The Morgan fingerprint density at radius 3 is 2.75 bits per heavy atom. The molecule has 0 nitrogen and oxygen atoms in total. The molecule has 12 heavy (non-hydrogen) atoms. The van der Waals surface area contributed by atoms with Gasteiger partial charge < -0.3 is 0 Å². The quantitative estimate of drug-likeness (QED) is 0.624. The van der Waals surface area contributed by atoms with E-state index in [1.54, 1.807) is 0 Å². The second-order valence-corrected chi connectivity index (χ2v) is 4.19. The van der Waals surface area contributed by atoms with Crippen LogP contribution in [0.15, 0.2) is 28.7 Å². The SMILES string of the molecule is CC1=CC(C)c2c(Br)cccc21. The molecule has 0 saturated carbocycles. The molecule has 0 radical (unpaired) electrons. The molecule has 0 N–H and O–H groups in total. The van der Waals surface area contributed by atoms with Gasteiger partial charge in [0.25, 0.3) is 0 Å². The van der Waals surface area contributed by atoms with Crippen LogP contribution in [0.4, 0.5) is 0 Å². The molecular formula is C11H11Br. The molecule has 0 heterocycles. The largest absolute Gasteiger partial charge is 0.0737 e. The van der Waals surface area contributed by atoms with Gasteiger partial charge in [0.1, 0.15) is 0 Å². The lowest BCUT2D eigenvalue weighted by Gasteiger charge is -2.06. The van der Waals surface area contributed by atoms with Crippen LogP contribution in [0.2, 0.25) is 0 Å². The summed E-state index contributed by atoms with van der Waals surface area (Å²) < 4.78 is 1.24. The minimum Gasteiger partial charge on any atom is -0.0737 e. The van der Waals surface area contributed by atoms with Crippen LogP contribution in [-0.2, 0) is 0 Å². The Morgan fingerprint density at radius 2 is 2.08 bits per heavy atom. The van der Waals surface area contributed by atoms with Crippen molar-refractivity contribution >= 4 is 21.5 Å². The van der Waals surface area contributed by atoms with E-state index in [0.29, 0.717) is 5.92 Å². The summed E-state index contributed by atoms with van der Waals surface area (Å²) in [4.78, 5) is 0. The highest BCUT2D eigenvalue weighted by Gasteiger charge is 2.18. The van der Waals surface area contributed by atoms with E-state index in [1.807, 2.05) is 0 Å². The highest BCUT2D eigenvalue weighted by molar-refractivity contribution is 9.10. The van der Waals surface area contributed by atoms with Crippen LogP contribution in [0.1, 0.15) is 30.9 Å². The van der Waals surface area contributed by atoms with Gasteiger partial charge in [-0.3, -0.25) is 0 Å². The van der Waals surface area contributed by atoms with Crippen molar-refractivity contribution in [1.29, 1.82) is 0 Å². The fraction of sp³-hybridized carbons (Fsp3) is 0.273. The van der Waals surface area contributed by atoms with E-state index in [9.17, 15) is 0 Å². The van der Waals surface area contributed by atoms with Gasteiger partial charge in [0.15, 0.2) is 0 Å². The number of allylic oxidation sites excluding steroid dienone is 2. The van der Waals surface area contributed by atoms with Gasteiger partial charge in [-0.05, 0) is 29.7 Å². The topological polar surface area (TPSA) is 0 Å². The predicted molar refractivity (Wildman–Crippen MR) is 56.2 cm³/mol. The predicted octanol–water partition coefficient (Wildman–Crippen LogP) is 3.97. The lowest BCUT2D eigenvalue weighted by Crippen LogP contribution is -1.88. The molecule has 1 aromatic carbocycles. The van der Waals surface area contributed by atoms with Crippen LogP contribution in [0.3, 0.4) is 0 Å². The minimum atomic E-state index is 0.565. The van der Waals surface area contributed by atoms with E-state index >= 15 is 0 Å². The van der Waals surface area contributed by atoms with E-state index < -0.39 is 0 Å². The first-order valence-electron chi connectivity index (χ1n) is 4.17. The molecule has 0 saturated heterocycles. The van der Waals surface area contributed by atoms with Gasteiger partial charge in [-0.15, -0.1) is 0 Å². The summed E-state index contributed by atoms with van der Waals surface area (Å²) in [5, 5.41) is 0. The molecule has 0 fully saturated rings. The zero-order valence-corrected chi connectivity index (χ0v) is 8.85. The van der Waals surface area contributed by atoms with Crippen LogP contribution < -0.4 is 0 Å². The van der Waals surface area contributed by atoms with Crippen LogP contribution in [-0.4, -0.2) is 0 Å². The molecule has 1 aliphatic carbocycles. The monoisotopic (exact) mass is 222 g/mol. The molecule has 1 heteroatoms. The average molecular weight is 223 g/mol. The van der Waals surface area contributed by atoms with Crippen LogP contribution in [0.25, 0.3) is 5.57 Å². The molecule has 1 unspecified atom stereocenters. The molecule has 1 atom stereocenters. The smallest absolute Gasteiger partial charge is 0.0219 e. The minimum absolute atomic E-state index is 0.565. The second-order valence-electron chi connectivity index (χ2n) is 3.34. The molecule has 1 aromatic rings.